The summed E-state index contributed by atoms with van der Waals surface area (Å²) in [6.07, 6.45) is 15.5. The van der Waals surface area contributed by atoms with Gasteiger partial charge in [0, 0.05) is 5.92 Å². The molecular formula is C18H30N4. The van der Waals surface area contributed by atoms with Gasteiger partial charge < -0.3 is 5.73 Å². The van der Waals surface area contributed by atoms with Crippen molar-refractivity contribution in [2.24, 2.45) is 11.7 Å². The van der Waals surface area contributed by atoms with E-state index in [0.29, 0.717) is 11.8 Å². The minimum absolute atomic E-state index is 0.0637. The summed E-state index contributed by atoms with van der Waals surface area (Å²) in [7, 11) is 0. The van der Waals surface area contributed by atoms with Crippen molar-refractivity contribution in [3.8, 4) is 0 Å². The fraction of sp³-hybridized carbons (Fsp3) is 0.667. The van der Waals surface area contributed by atoms with Gasteiger partial charge in [-0.25, -0.2) is 4.68 Å². The molecule has 1 heterocycles. The zero-order valence-corrected chi connectivity index (χ0v) is 14.2. The fourth-order valence-corrected chi connectivity index (χ4v) is 3.22. The summed E-state index contributed by atoms with van der Waals surface area (Å²) in [6.45, 7) is 6.59. The molecule has 0 amide bonds. The number of allylic oxidation sites excluding steroid dienone is 4. The first-order valence-corrected chi connectivity index (χ1v) is 8.67. The summed E-state index contributed by atoms with van der Waals surface area (Å²) in [5.74, 6) is 1.02. The Morgan fingerprint density at radius 2 is 2.18 bits per heavy atom. The van der Waals surface area contributed by atoms with Crippen LogP contribution in [0.25, 0.3) is 0 Å². The molecule has 22 heavy (non-hydrogen) atoms. The summed E-state index contributed by atoms with van der Waals surface area (Å²) in [4.78, 5) is 0. The predicted octanol–water partition coefficient (Wildman–Crippen LogP) is 4.25. The molecule has 122 valence electrons. The van der Waals surface area contributed by atoms with Gasteiger partial charge in [0.15, 0.2) is 0 Å². The van der Waals surface area contributed by atoms with Gasteiger partial charge in [-0.15, -0.1) is 5.10 Å². The van der Waals surface area contributed by atoms with Crippen molar-refractivity contribution in [2.45, 2.75) is 71.4 Å². The third-order valence-electron chi connectivity index (χ3n) is 4.73. The van der Waals surface area contributed by atoms with Gasteiger partial charge in [0.1, 0.15) is 6.17 Å². The Hall–Kier alpha value is -1.42. The molecule has 0 saturated carbocycles. The standard InChI is InChI=1S/C18H30N4/c1-4-6-10-15(5-2)13-17(19)22-14(3)18(20-21-22)16-11-8-7-9-12-16/h7-9,11,15-17H,4-6,10,12-13,19H2,1-3H3. The van der Waals surface area contributed by atoms with E-state index in [1.165, 1.54) is 25.7 Å². The lowest BCUT2D eigenvalue weighted by Gasteiger charge is -2.20. The molecule has 2 rings (SSSR count). The highest BCUT2D eigenvalue weighted by atomic mass is 15.5. The number of aromatic nitrogens is 3. The first-order valence-electron chi connectivity index (χ1n) is 8.67. The summed E-state index contributed by atoms with van der Waals surface area (Å²) < 4.78 is 1.93. The first-order chi connectivity index (χ1) is 10.7. The summed E-state index contributed by atoms with van der Waals surface area (Å²) in [5.41, 5.74) is 8.60. The molecule has 4 heteroatoms. The molecule has 3 unspecified atom stereocenters. The van der Waals surface area contributed by atoms with Crippen LogP contribution >= 0.6 is 0 Å². The molecule has 3 atom stereocenters. The highest BCUT2D eigenvalue weighted by Gasteiger charge is 2.21. The van der Waals surface area contributed by atoms with Crippen molar-refractivity contribution in [1.82, 2.24) is 15.0 Å². The Labute approximate surface area is 134 Å². The highest BCUT2D eigenvalue weighted by molar-refractivity contribution is 5.25. The monoisotopic (exact) mass is 302 g/mol. The molecule has 0 radical (unpaired) electrons. The molecule has 0 spiro atoms. The Balaban J connectivity index is 2.04. The van der Waals surface area contributed by atoms with Crippen LogP contribution in [-0.2, 0) is 0 Å². The second-order valence-electron chi connectivity index (χ2n) is 6.38. The van der Waals surface area contributed by atoms with Crippen molar-refractivity contribution >= 4 is 0 Å². The number of hydrogen-bond donors (Lipinski definition) is 1. The lowest BCUT2D eigenvalue weighted by Crippen LogP contribution is -2.24. The SMILES string of the molecule is CCCCC(CC)CC(N)n1nnc(C2C=CC=CC2)c1C. The van der Waals surface area contributed by atoms with Gasteiger partial charge in [-0.2, -0.15) is 0 Å². The lowest BCUT2D eigenvalue weighted by molar-refractivity contribution is 0.316. The van der Waals surface area contributed by atoms with E-state index in [4.69, 9.17) is 5.73 Å². The van der Waals surface area contributed by atoms with Crippen LogP contribution in [-0.4, -0.2) is 15.0 Å². The van der Waals surface area contributed by atoms with Gasteiger partial charge in [0.25, 0.3) is 0 Å². The van der Waals surface area contributed by atoms with Crippen molar-refractivity contribution in [2.75, 3.05) is 0 Å². The van der Waals surface area contributed by atoms with Crippen LogP contribution in [0.4, 0.5) is 0 Å². The van der Waals surface area contributed by atoms with Crippen molar-refractivity contribution in [3.63, 3.8) is 0 Å². The maximum Gasteiger partial charge on any atom is 0.101 e. The highest BCUT2D eigenvalue weighted by Crippen LogP contribution is 2.27. The number of nitrogens with two attached hydrogens (primary N) is 1. The lowest BCUT2D eigenvalue weighted by atomic mass is 9.94. The second-order valence-corrected chi connectivity index (χ2v) is 6.38. The van der Waals surface area contributed by atoms with E-state index < -0.39 is 0 Å². The number of unbranched alkanes of at least 4 members (excludes halogenated alkanes) is 1. The fourth-order valence-electron chi connectivity index (χ4n) is 3.22. The molecule has 1 aromatic heterocycles. The van der Waals surface area contributed by atoms with E-state index in [-0.39, 0.29) is 6.17 Å². The van der Waals surface area contributed by atoms with Crippen LogP contribution in [0.15, 0.2) is 24.3 Å². The molecule has 0 aromatic carbocycles. The number of hydrogen-bond acceptors (Lipinski definition) is 3. The summed E-state index contributed by atoms with van der Waals surface area (Å²) in [6, 6.07) is 0. The van der Waals surface area contributed by atoms with E-state index in [2.05, 4.69) is 55.4 Å². The van der Waals surface area contributed by atoms with Crippen LogP contribution < -0.4 is 5.73 Å². The van der Waals surface area contributed by atoms with E-state index in [0.717, 1.165) is 24.2 Å². The normalized spacial score (nSPS) is 20.3. The Kier molecular flexibility index (Phi) is 6.37. The van der Waals surface area contributed by atoms with Gasteiger partial charge >= 0.3 is 0 Å². The van der Waals surface area contributed by atoms with E-state index >= 15 is 0 Å². The quantitative estimate of drug-likeness (QED) is 0.781. The zero-order valence-electron chi connectivity index (χ0n) is 14.2. The van der Waals surface area contributed by atoms with Crippen LogP contribution in [0.5, 0.6) is 0 Å². The number of nitrogens with zero attached hydrogens (tertiary/aromatic N) is 3. The van der Waals surface area contributed by atoms with Crippen LogP contribution in [0.1, 0.15) is 75.8 Å². The molecule has 0 fully saturated rings. The van der Waals surface area contributed by atoms with Gasteiger partial charge in [-0.1, -0.05) is 69.0 Å². The average molecular weight is 302 g/mol. The Morgan fingerprint density at radius 3 is 2.82 bits per heavy atom. The topological polar surface area (TPSA) is 56.7 Å². The average Bonchev–Trinajstić information content (AvgIpc) is 2.93. The molecular weight excluding hydrogens is 272 g/mol. The molecule has 0 bridgehead atoms. The van der Waals surface area contributed by atoms with Crippen LogP contribution in [0.3, 0.4) is 0 Å². The predicted molar refractivity (Wildman–Crippen MR) is 91.5 cm³/mol. The Bertz CT molecular complexity index is 515. The van der Waals surface area contributed by atoms with Crippen molar-refractivity contribution in [3.05, 3.63) is 35.7 Å². The molecule has 1 aliphatic carbocycles. The molecule has 2 N–H and O–H groups in total. The van der Waals surface area contributed by atoms with Gasteiger partial charge in [-0.3, -0.25) is 0 Å². The third-order valence-corrected chi connectivity index (χ3v) is 4.73. The smallest absolute Gasteiger partial charge is 0.101 e. The summed E-state index contributed by atoms with van der Waals surface area (Å²) in [5, 5.41) is 8.75. The minimum Gasteiger partial charge on any atom is -0.310 e. The van der Waals surface area contributed by atoms with E-state index in [1.54, 1.807) is 0 Å². The van der Waals surface area contributed by atoms with Crippen LogP contribution in [0.2, 0.25) is 0 Å². The molecule has 0 aliphatic heterocycles. The van der Waals surface area contributed by atoms with Crippen molar-refractivity contribution in [1.29, 1.82) is 0 Å². The minimum atomic E-state index is -0.0637. The third kappa shape index (κ3) is 4.07. The molecule has 0 saturated heterocycles. The number of rotatable bonds is 8. The van der Waals surface area contributed by atoms with Crippen LogP contribution in [0, 0.1) is 12.8 Å². The maximum absolute atomic E-state index is 6.42. The molecule has 1 aliphatic rings. The van der Waals surface area contributed by atoms with Gasteiger partial charge in [0.05, 0.1) is 11.4 Å². The molecule has 4 nitrogen and oxygen atoms in total. The first kappa shape index (κ1) is 16.9. The second kappa shape index (κ2) is 8.28. The van der Waals surface area contributed by atoms with Gasteiger partial charge in [0.2, 0.25) is 0 Å². The van der Waals surface area contributed by atoms with Gasteiger partial charge in [-0.05, 0) is 25.7 Å². The Morgan fingerprint density at radius 1 is 1.36 bits per heavy atom. The van der Waals surface area contributed by atoms with Crippen molar-refractivity contribution < 1.29 is 0 Å². The summed E-state index contributed by atoms with van der Waals surface area (Å²) >= 11 is 0. The zero-order chi connectivity index (χ0) is 15.9. The largest absolute Gasteiger partial charge is 0.310 e. The van der Waals surface area contributed by atoms with E-state index in [9.17, 15) is 0 Å². The van der Waals surface area contributed by atoms with E-state index in [1.807, 2.05) is 4.68 Å². The maximum atomic E-state index is 6.42. The molecule has 1 aromatic rings.